The number of benzene rings is 4. The van der Waals surface area contributed by atoms with Gasteiger partial charge in [-0.2, -0.15) is 0 Å². The van der Waals surface area contributed by atoms with Gasteiger partial charge in [-0.3, -0.25) is 4.90 Å². The van der Waals surface area contributed by atoms with Gasteiger partial charge in [0.2, 0.25) is 0 Å². The molecule has 0 unspecified atom stereocenters. The van der Waals surface area contributed by atoms with Crippen LogP contribution in [0.15, 0.2) is 73.2 Å². The lowest BCUT2D eigenvalue weighted by atomic mass is 9.91. The smallest absolute Gasteiger partial charge is 0.140 e. The predicted octanol–water partition coefficient (Wildman–Crippen LogP) is 10.5. The molecule has 0 radical (unpaired) electrons. The summed E-state index contributed by atoms with van der Waals surface area (Å²) in [7, 11) is 0. The maximum atomic E-state index is 4.69. The van der Waals surface area contributed by atoms with Crippen molar-refractivity contribution in [2.24, 2.45) is 0 Å². The SMILES string of the molecule is Cc1cc(C)c(N(c2c(C)cc(C)cc2C)c2c(C)c(C)c(N(c3ccccc3)c3ccncn3)c(C)c2C)c(C)c1. The van der Waals surface area contributed by atoms with Crippen molar-refractivity contribution in [3.05, 3.63) is 129 Å². The molecule has 1 aromatic heterocycles. The highest BCUT2D eigenvalue weighted by atomic mass is 15.2. The molecule has 0 amide bonds. The van der Waals surface area contributed by atoms with Crippen LogP contribution in [0.5, 0.6) is 0 Å². The van der Waals surface area contributed by atoms with Gasteiger partial charge in [-0.15, -0.1) is 0 Å². The summed E-state index contributed by atoms with van der Waals surface area (Å²) in [6, 6.07) is 21.7. The maximum Gasteiger partial charge on any atom is 0.140 e. The molecular weight excluding hydrogens is 512 g/mol. The largest absolute Gasteiger partial charge is 0.309 e. The Morgan fingerprint density at radius 1 is 0.476 bits per heavy atom. The van der Waals surface area contributed by atoms with Crippen molar-refractivity contribution in [1.29, 1.82) is 0 Å². The van der Waals surface area contributed by atoms with Crippen LogP contribution in [0, 0.1) is 69.2 Å². The summed E-state index contributed by atoms with van der Waals surface area (Å²) >= 11 is 0. The van der Waals surface area contributed by atoms with Crippen molar-refractivity contribution >= 4 is 34.3 Å². The second-order valence-electron chi connectivity index (χ2n) is 11.8. The first kappa shape index (κ1) is 29.1. The fraction of sp³-hybridized carbons (Fsp3) is 0.263. The first-order valence-corrected chi connectivity index (χ1v) is 14.7. The predicted molar refractivity (Wildman–Crippen MR) is 179 cm³/mol. The molecule has 0 N–H and O–H groups in total. The third kappa shape index (κ3) is 5.07. The zero-order valence-corrected chi connectivity index (χ0v) is 26.7. The quantitative estimate of drug-likeness (QED) is 0.209. The summed E-state index contributed by atoms with van der Waals surface area (Å²) in [5, 5.41) is 0. The van der Waals surface area contributed by atoms with Crippen molar-refractivity contribution in [3.63, 3.8) is 0 Å². The van der Waals surface area contributed by atoms with Crippen LogP contribution >= 0.6 is 0 Å². The second kappa shape index (κ2) is 11.4. The Hall–Kier alpha value is -4.44. The molecule has 0 saturated carbocycles. The summed E-state index contributed by atoms with van der Waals surface area (Å²) < 4.78 is 0. The van der Waals surface area contributed by atoms with Crippen LogP contribution in [0.25, 0.3) is 0 Å². The molecule has 1 heterocycles. The van der Waals surface area contributed by atoms with Crippen LogP contribution in [0.3, 0.4) is 0 Å². The number of aromatic nitrogens is 2. The van der Waals surface area contributed by atoms with Crippen LogP contribution < -0.4 is 9.80 Å². The molecule has 5 aromatic rings. The van der Waals surface area contributed by atoms with Gasteiger partial charge in [0.1, 0.15) is 12.1 Å². The molecule has 0 bridgehead atoms. The highest BCUT2D eigenvalue weighted by molar-refractivity contribution is 5.91. The van der Waals surface area contributed by atoms with E-state index in [2.05, 4.69) is 139 Å². The van der Waals surface area contributed by atoms with E-state index >= 15 is 0 Å². The Balaban J connectivity index is 1.87. The summed E-state index contributed by atoms with van der Waals surface area (Å²) in [5.74, 6) is 0.848. The van der Waals surface area contributed by atoms with E-state index in [0.717, 1.165) is 17.2 Å². The lowest BCUT2D eigenvalue weighted by Gasteiger charge is -2.37. The number of rotatable bonds is 6. The van der Waals surface area contributed by atoms with Gasteiger partial charge in [0.05, 0.1) is 22.7 Å². The Labute approximate surface area is 251 Å². The van der Waals surface area contributed by atoms with Crippen LogP contribution in [0.1, 0.15) is 55.6 Å². The van der Waals surface area contributed by atoms with E-state index < -0.39 is 0 Å². The highest BCUT2D eigenvalue weighted by Gasteiger charge is 2.29. The molecule has 4 heteroatoms. The second-order valence-corrected chi connectivity index (χ2v) is 11.8. The van der Waals surface area contributed by atoms with E-state index in [-0.39, 0.29) is 0 Å². The number of hydrogen-bond acceptors (Lipinski definition) is 4. The average Bonchev–Trinajstić information content (AvgIpc) is 2.94. The summed E-state index contributed by atoms with van der Waals surface area (Å²) in [4.78, 5) is 13.7. The first-order chi connectivity index (χ1) is 20.0. The standard InChI is InChI=1S/C38H42N4/c1-23-18-25(3)35(26(4)19-23)42(36-27(5)20-24(2)21-28(36)6)38-31(9)29(7)37(30(8)32(38)10)41(33-14-12-11-13-15-33)34-16-17-39-22-40-34/h11-22H,1-10H3. The molecule has 0 aliphatic heterocycles. The lowest BCUT2D eigenvalue weighted by Crippen LogP contribution is -2.21. The minimum absolute atomic E-state index is 0.848. The van der Waals surface area contributed by atoms with E-state index in [1.807, 2.05) is 12.3 Å². The van der Waals surface area contributed by atoms with Gasteiger partial charge >= 0.3 is 0 Å². The van der Waals surface area contributed by atoms with Crippen molar-refractivity contribution in [2.75, 3.05) is 9.80 Å². The summed E-state index contributed by atoms with van der Waals surface area (Å²) in [6.07, 6.45) is 3.43. The van der Waals surface area contributed by atoms with Crippen molar-refractivity contribution < 1.29 is 0 Å². The molecule has 0 spiro atoms. The molecule has 4 nitrogen and oxygen atoms in total. The number of anilines is 6. The lowest BCUT2D eigenvalue weighted by molar-refractivity contribution is 1.07. The third-order valence-corrected chi connectivity index (χ3v) is 8.52. The normalized spacial score (nSPS) is 11.1. The highest BCUT2D eigenvalue weighted by Crippen LogP contribution is 2.50. The Kier molecular flexibility index (Phi) is 7.92. The van der Waals surface area contributed by atoms with Gasteiger partial charge in [-0.25, -0.2) is 9.97 Å². The Morgan fingerprint density at radius 2 is 0.905 bits per heavy atom. The van der Waals surface area contributed by atoms with Crippen LogP contribution in [-0.2, 0) is 0 Å². The number of nitrogens with zero attached hydrogens (tertiary/aromatic N) is 4. The van der Waals surface area contributed by atoms with Gasteiger partial charge < -0.3 is 4.90 Å². The molecule has 0 atom stereocenters. The zero-order valence-electron chi connectivity index (χ0n) is 26.7. The molecule has 4 aromatic carbocycles. The molecule has 5 rings (SSSR count). The van der Waals surface area contributed by atoms with E-state index in [9.17, 15) is 0 Å². The minimum Gasteiger partial charge on any atom is -0.309 e. The van der Waals surface area contributed by atoms with Crippen molar-refractivity contribution in [1.82, 2.24) is 9.97 Å². The number of hydrogen-bond donors (Lipinski definition) is 0. The molecule has 0 aliphatic rings. The van der Waals surface area contributed by atoms with Gasteiger partial charge in [-0.05, 0) is 132 Å². The van der Waals surface area contributed by atoms with E-state index in [1.54, 1.807) is 6.33 Å². The monoisotopic (exact) mass is 554 g/mol. The fourth-order valence-electron chi connectivity index (χ4n) is 6.70. The van der Waals surface area contributed by atoms with Crippen LogP contribution in [-0.4, -0.2) is 9.97 Å². The molecular formula is C38H42N4. The topological polar surface area (TPSA) is 32.3 Å². The third-order valence-electron chi connectivity index (χ3n) is 8.52. The van der Waals surface area contributed by atoms with E-state index in [1.165, 1.54) is 72.7 Å². The van der Waals surface area contributed by atoms with E-state index in [0.29, 0.717) is 0 Å². The van der Waals surface area contributed by atoms with Gasteiger partial charge in [0, 0.05) is 11.9 Å². The van der Waals surface area contributed by atoms with Crippen LogP contribution in [0.4, 0.5) is 34.3 Å². The van der Waals surface area contributed by atoms with Gasteiger partial charge in [0.25, 0.3) is 0 Å². The van der Waals surface area contributed by atoms with Crippen molar-refractivity contribution in [2.45, 2.75) is 69.2 Å². The van der Waals surface area contributed by atoms with Gasteiger partial charge in [-0.1, -0.05) is 53.6 Å². The zero-order chi connectivity index (χ0) is 30.3. The van der Waals surface area contributed by atoms with Gasteiger partial charge in [0.15, 0.2) is 0 Å². The van der Waals surface area contributed by atoms with E-state index in [4.69, 9.17) is 4.98 Å². The Bertz CT molecular complexity index is 1600. The van der Waals surface area contributed by atoms with Crippen molar-refractivity contribution in [3.8, 4) is 0 Å². The molecule has 214 valence electrons. The number of para-hydroxylation sites is 1. The fourth-order valence-corrected chi connectivity index (χ4v) is 6.70. The minimum atomic E-state index is 0.848. The number of aryl methyl sites for hydroxylation is 6. The van der Waals surface area contributed by atoms with Crippen LogP contribution in [0.2, 0.25) is 0 Å². The Morgan fingerprint density at radius 3 is 1.31 bits per heavy atom. The molecule has 0 aliphatic carbocycles. The molecule has 0 fully saturated rings. The maximum absolute atomic E-state index is 4.69. The molecule has 42 heavy (non-hydrogen) atoms. The first-order valence-electron chi connectivity index (χ1n) is 14.7. The summed E-state index contributed by atoms with van der Waals surface area (Å²) in [5.41, 5.74) is 18.6. The summed E-state index contributed by atoms with van der Waals surface area (Å²) in [6.45, 7) is 22.4. The average molecular weight is 555 g/mol. The molecule has 0 saturated heterocycles.